The van der Waals surface area contributed by atoms with E-state index in [1.54, 1.807) is 84.1 Å². The van der Waals surface area contributed by atoms with Gasteiger partial charge in [-0.2, -0.15) is 0 Å². The van der Waals surface area contributed by atoms with Gasteiger partial charge in [0.05, 0.1) is 37.8 Å². The van der Waals surface area contributed by atoms with E-state index in [0.29, 0.717) is 55.2 Å². The summed E-state index contributed by atoms with van der Waals surface area (Å²) in [6.45, 7) is 2.11. The van der Waals surface area contributed by atoms with Crippen LogP contribution in [-0.2, 0) is 0 Å². The number of aryl methyl sites for hydroxylation is 1. The second-order valence-corrected chi connectivity index (χ2v) is 30.6. The first kappa shape index (κ1) is 85.6. The molecule has 20 nitrogen and oxygen atoms in total. The predicted molar refractivity (Wildman–Crippen MR) is 497 cm³/mol. The smallest absolute Gasteiger partial charge is 0.270 e. The highest BCUT2D eigenvalue weighted by atomic mass is 35.5. The van der Waals surface area contributed by atoms with Gasteiger partial charge in [-0.3, -0.25) is 43.7 Å². The molecule has 0 aliphatic carbocycles. The Morgan fingerprint density at radius 1 is 0.304 bits per heavy atom. The van der Waals surface area contributed by atoms with E-state index >= 15 is 0 Å². The molecule has 15 aromatic rings. The maximum Gasteiger partial charge on any atom is 0.270 e. The summed E-state index contributed by atoms with van der Waals surface area (Å²) in [6, 6.07) is 112. The summed E-state index contributed by atoms with van der Waals surface area (Å²) in [4.78, 5) is 97.8. The fourth-order valence-electron chi connectivity index (χ4n) is 14.8. The Morgan fingerprint density at radius 3 is 1.07 bits per heavy atom. The second kappa shape index (κ2) is 39.1. The zero-order chi connectivity index (χ0) is 84.9. The van der Waals surface area contributed by atoms with Gasteiger partial charge in [0.1, 0.15) is 30.8 Å². The van der Waals surface area contributed by atoms with Gasteiger partial charge in [0.2, 0.25) is 0 Å². The van der Waals surface area contributed by atoms with Crippen LogP contribution in [0.1, 0.15) is 162 Å². The molecule has 10 N–H and O–H groups in total. The number of nitro benzene ring substituents is 1. The average Bonchev–Trinajstić information content (AvgIpc) is 1.60. The van der Waals surface area contributed by atoms with Crippen molar-refractivity contribution < 1.29 is 38.5 Å². The number of anilines is 5. The van der Waals surface area contributed by atoms with Gasteiger partial charge in [0.15, 0.2) is 11.6 Å². The molecule has 1 aromatic heterocycles. The SMILES string of the molecule is C.C.Cc1ccccc1-c1ccc(C2NC(=O)c3ccccc3N2)cc1.O=C(c1ccccc1)c1ccc(C2NC(=O)c3ccccc3N2)cc1.O=C(c1ccccc1)c1ccc(C2NC(=O)c3ccccc3N2)cc1Cl.O=C1NC(c2cc(-c3ccccc3)cs2)Nc2ccccc21.O=C1NC(c2ccc(-c3ccccc3)cc2)Nc2ccc([N+](=O)[O-])cc21. The van der Waals surface area contributed by atoms with Crippen molar-refractivity contribution in [2.24, 2.45) is 0 Å². The zero-order valence-electron chi connectivity index (χ0n) is 65.9. The van der Waals surface area contributed by atoms with Crippen LogP contribution >= 0.6 is 22.9 Å². The topological polar surface area (TPSA) is 283 Å². The number of carbonyl (C=O) groups excluding carboxylic acids is 7. The number of benzene rings is 14. The number of ketones is 2. The Bertz CT molecular complexity index is 6460. The summed E-state index contributed by atoms with van der Waals surface area (Å²) in [5, 5.41) is 44.6. The molecule has 0 bridgehead atoms. The van der Waals surface area contributed by atoms with E-state index in [9.17, 15) is 43.7 Å². The Hall–Kier alpha value is -15.8. The van der Waals surface area contributed by atoms with E-state index in [0.717, 1.165) is 61.0 Å². The lowest BCUT2D eigenvalue weighted by Crippen LogP contribution is -2.38. The number of para-hydroxylation sites is 4. The van der Waals surface area contributed by atoms with Gasteiger partial charge < -0.3 is 53.2 Å². The number of hydrogen-bond acceptors (Lipinski definition) is 15. The molecule has 5 unspecified atom stereocenters. The molecule has 14 aromatic carbocycles. The van der Waals surface area contributed by atoms with Crippen molar-refractivity contribution in [3.8, 4) is 33.4 Å². The maximum absolute atomic E-state index is 12.6. The van der Waals surface area contributed by atoms with E-state index in [-0.39, 0.29) is 91.9 Å². The van der Waals surface area contributed by atoms with Crippen molar-refractivity contribution in [3.63, 3.8) is 0 Å². The molecule has 620 valence electrons. The lowest BCUT2D eigenvalue weighted by molar-refractivity contribution is -0.384. The van der Waals surface area contributed by atoms with Crippen LogP contribution < -0.4 is 53.2 Å². The van der Waals surface area contributed by atoms with E-state index in [4.69, 9.17) is 11.6 Å². The van der Waals surface area contributed by atoms with Crippen LogP contribution in [-0.4, -0.2) is 46.0 Å². The first-order chi connectivity index (χ1) is 60.0. The molecule has 0 spiro atoms. The number of thiophene rings is 1. The first-order valence-corrected chi connectivity index (χ1v) is 40.8. The molecule has 5 aliphatic rings. The largest absolute Gasteiger partial charge is 0.361 e. The van der Waals surface area contributed by atoms with Gasteiger partial charge in [-0.1, -0.05) is 299 Å². The van der Waals surface area contributed by atoms with Crippen molar-refractivity contribution in [2.45, 2.75) is 52.6 Å². The summed E-state index contributed by atoms with van der Waals surface area (Å²) in [5.74, 6) is -0.814. The van der Waals surface area contributed by atoms with E-state index in [1.165, 1.54) is 39.9 Å². The van der Waals surface area contributed by atoms with Crippen LogP contribution in [0.2, 0.25) is 5.02 Å². The van der Waals surface area contributed by atoms with Crippen molar-refractivity contribution in [1.29, 1.82) is 0 Å². The van der Waals surface area contributed by atoms with Gasteiger partial charge in [-0.15, -0.1) is 11.3 Å². The fraction of sp³-hybridized carbons (Fsp3) is 0.0777. The Balaban J connectivity index is 0.000000127. The van der Waals surface area contributed by atoms with Crippen molar-refractivity contribution in [2.75, 3.05) is 26.6 Å². The van der Waals surface area contributed by atoms with Gasteiger partial charge in [0, 0.05) is 67.7 Å². The summed E-state index contributed by atoms with van der Waals surface area (Å²) >= 11 is 8.02. The van der Waals surface area contributed by atoms with Gasteiger partial charge >= 0.3 is 0 Å². The third-order valence-electron chi connectivity index (χ3n) is 21.2. The second-order valence-electron chi connectivity index (χ2n) is 29.2. The van der Waals surface area contributed by atoms with Crippen molar-refractivity contribution in [1.82, 2.24) is 26.6 Å². The molecule has 0 saturated carbocycles. The monoisotopic (exact) mass is 1690 g/mol. The predicted octanol–water partition coefficient (Wildman–Crippen LogP) is 22.4. The van der Waals surface area contributed by atoms with Gasteiger partial charge in [-0.25, -0.2) is 0 Å². The van der Waals surface area contributed by atoms with Crippen LogP contribution in [0.3, 0.4) is 0 Å². The molecular formula is C103H86ClN11O9S. The molecule has 5 amide bonds. The summed E-state index contributed by atoms with van der Waals surface area (Å²) in [6.07, 6.45) is -1.50. The van der Waals surface area contributed by atoms with E-state index in [1.807, 2.05) is 212 Å². The molecule has 5 aliphatic heterocycles. The standard InChI is InChI=1S/C21H15ClN2O2.C21H16N2O2.C21H18N2O.C20H15N3O3.C18H14N2OS.2CH4/c22-17-12-14(10-11-15(17)19(25)13-6-2-1-3-7-13)20-23-18-9-5-4-8-16(18)21(26)24-20;24-19(14-6-2-1-3-7-14)15-10-12-16(13-11-15)20-22-18-9-5-4-8-17(18)21(25)23-20;1-14-6-2-3-7-17(14)15-10-12-16(13-11-15)20-22-19-9-5-4-8-18(19)21(24)23-20;24-20-17-12-16(23(25)26)10-11-18(17)21-19(22-20)15-8-6-14(7-9-15)13-4-2-1-3-5-13;21-18-14-8-4-5-9-15(14)19-17(20-18)16-10-13(11-22-16)12-6-2-1-3-7-12;;/h1-12,20,23H,(H,24,26);1-13,20,22H,(H,23,25);2-13,20,22H,1H3,(H,23,24);1-12,19,21H,(H,22,24);1-11,17,19H,(H,20,21);2*1H4. The number of hydrogen-bond donors (Lipinski definition) is 10. The maximum atomic E-state index is 12.6. The summed E-state index contributed by atoms with van der Waals surface area (Å²) < 4.78 is 0. The zero-order valence-corrected chi connectivity index (χ0v) is 67.5. The molecule has 5 atom stereocenters. The Kier molecular flexibility index (Phi) is 26.8. The third-order valence-corrected chi connectivity index (χ3v) is 22.5. The number of amides is 5. The highest BCUT2D eigenvalue weighted by Crippen LogP contribution is 2.37. The Morgan fingerprint density at radius 2 is 0.632 bits per heavy atom. The minimum absolute atomic E-state index is 0. The van der Waals surface area contributed by atoms with Crippen molar-refractivity contribution >= 4 is 98.2 Å². The van der Waals surface area contributed by atoms with Crippen LogP contribution in [0.4, 0.5) is 34.1 Å². The van der Waals surface area contributed by atoms with Crippen molar-refractivity contribution in [3.05, 3.63) is 461 Å². The number of non-ortho nitro benzene ring substituents is 1. The minimum atomic E-state index is -0.512. The minimum Gasteiger partial charge on any atom is -0.361 e. The van der Waals surface area contributed by atoms with E-state index < -0.39 is 11.1 Å². The lowest BCUT2D eigenvalue weighted by atomic mass is 9.98. The molecule has 125 heavy (non-hydrogen) atoms. The summed E-state index contributed by atoms with van der Waals surface area (Å²) in [5.41, 5.74) is 20.8. The molecule has 0 radical (unpaired) electrons. The average molecular weight is 1690 g/mol. The number of nitro groups is 1. The number of rotatable bonds is 13. The molecular weight excluding hydrogens is 1600 g/mol. The van der Waals surface area contributed by atoms with Crippen LogP contribution in [0.15, 0.2) is 363 Å². The fourth-order valence-corrected chi connectivity index (χ4v) is 15.9. The first-order valence-electron chi connectivity index (χ1n) is 39.6. The number of carbonyl (C=O) groups is 7. The molecule has 22 heteroatoms. The molecule has 0 saturated heterocycles. The molecule has 0 fully saturated rings. The van der Waals surface area contributed by atoms with Crippen LogP contribution in [0.25, 0.3) is 33.4 Å². The molecule has 20 rings (SSSR count). The summed E-state index contributed by atoms with van der Waals surface area (Å²) in [7, 11) is 0. The number of nitrogens with one attached hydrogen (secondary N) is 10. The van der Waals surface area contributed by atoms with Gasteiger partial charge in [0.25, 0.3) is 35.2 Å². The van der Waals surface area contributed by atoms with E-state index in [2.05, 4.69) is 126 Å². The van der Waals surface area contributed by atoms with Crippen LogP contribution in [0.5, 0.6) is 0 Å². The normalized spacial score (nSPS) is 15.6. The lowest BCUT2D eigenvalue weighted by Gasteiger charge is -2.28. The Labute approximate surface area is 732 Å². The van der Waals surface area contributed by atoms with Crippen LogP contribution in [0, 0.1) is 17.0 Å². The highest BCUT2D eigenvalue weighted by Gasteiger charge is 2.31. The number of nitrogens with zero attached hydrogens (tertiary/aromatic N) is 1. The number of halogens is 1. The molecule has 6 heterocycles. The quantitative estimate of drug-likeness (QED) is 0.0292. The highest BCUT2D eigenvalue weighted by molar-refractivity contribution is 7.10. The third kappa shape index (κ3) is 19.8. The number of fused-ring (bicyclic) bond motifs is 5. The van der Waals surface area contributed by atoms with Gasteiger partial charge in [-0.05, 0) is 146 Å².